The van der Waals surface area contributed by atoms with Gasteiger partial charge in [0.05, 0.1) is 11.0 Å². The second-order valence-corrected chi connectivity index (χ2v) is 5.76. The van der Waals surface area contributed by atoms with Crippen LogP contribution in [0.3, 0.4) is 0 Å². The minimum atomic E-state index is -0.988. The SMILES string of the molecule is CC1(C(N)=O)CCN(C(=O)NCc2ccc(C(=O)O)cc2)C1. The van der Waals surface area contributed by atoms with E-state index in [4.69, 9.17) is 10.8 Å². The molecule has 1 aromatic carbocycles. The van der Waals surface area contributed by atoms with Crippen molar-refractivity contribution in [3.05, 3.63) is 35.4 Å². The Bertz CT molecular complexity index is 599. The van der Waals surface area contributed by atoms with E-state index in [1.54, 1.807) is 24.0 Å². The Morgan fingerprint density at radius 1 is 1.32 bits per heavy atom. The van der Waals surface area contributed by atoms with Crippen molar-refractivity contribution in [3.63, 3.8) is 0 Å². The van der Waals surface area contributed by atoms with Gasteiger partial charge in [0.25, 0.3) is 0 Å². The molecule has 0 spiro atoms. The monoisotopic (exact) mass is 305 g/mol. The molecule has 0 saturated carbocycles. The van der Waals surface area contributed by atoms with E-state index in [0.29, 0.717) is 26.1 Å². The standard InChI is InChI=1S/C15H19N3O4/c1-15(13(16)21)6-7-18(9-15)14(22)17-8-10-2-4-11(5-3-10)12(19)20/h2-5H,6-9H2,1H3,(H2,16,21)(H,17,22)(H,19,20). The van der Waals surface area contributed by atoms with Crippen molar-refractivity contribution in [2.45, 2.75) is 19.9 Å². The molecule has 3 amide bonds. The zero-order chi connectivity index (χ0) is 16.3. The Morgan fingerprint density at radius 3 is 2.45 bits per heavy atom. The summed E-state index contributed by atoms with van der Waals surface area (Å²) in [5.74, 6) is -1.38. The van der Waals surface area contributed by atoms with Crippen molar-refractivity contribution in [3.8, 4) is 0 Å². The quantitative estimate of drug-likeness (QED) is 0.763. The van der Waals surface area contributed by atoms with E-state index in [1.165, 1.54) is 12.1 Å². The topological polar surface area (TPSA) is 113 Å². The maximum absolute atomic E-state index is 12.1. The molecule has 7 nitrogen and oxygen atoms in total. The second kappa shape index (κ2) is 6.05. The first-order valence-corrected chi connectivity index (χ1v) is 6.97. The van der Waals surface area contributed by atoms with E-state index < -0.39 is 17.3 Å². The van der Waals surface area contributed by atoms with Gasteiger partial charge in [-0.3, -0.25) is 4.79 Å². The average molecular weight is 305 g/mol. The van der Waals surface area contributed by atoms with E-state index in [9.17, 15) is 14.4 Å². The summed E-state index contributed by atoms with van der Waals surface area (Å²) in [4.78, 5) is 35.8. The van der Waals surface area contributed by atoms with Crippen LogP contribution in [0.15, 0.2) is 24.3 Å². The highest BCUT2D eigenvalue weighted by Crippen LogP contribution is 2.29. The molecule has 1 aromatic rings. The van der Waals surface area contributed by atoms with E-state index in [1.807, 2.05) is 0 Å². The van der Waals surface area contributed by atoms with Crippen LogP contribution in [0.1, 0.15) is 29.3 Å². The zero-order valence-electron chi connectivity index (χ0n) is 12.3. The van der Waals surface area contributed by atoms with Crippen molar-refractivity contribution < 1.29 is 19.5 Å². The summed E-state index contributed by atoms with van der Waals surface area (Å²) < 4.78 is 0. The molecule has 1 fully saturated rings. The molecule has 1 unspecified atom stereocenters. The number of hydrogen-bond acceptors (Lipinski definition) is 3. The summed E-state index contributed by atoms with van der Waals surface area (Å²) >= 11 is 0. The number of benzene rings is 1. The van der Waals surface area contributed by atoms with Gasteiger partial charge in [0, 0.05) is 19.6 Å². The molecule has 1 aliphatic heterocycles. The van der Waals surface area contributed by atoms with Crippen molar-refractivity contribution in [1.29, 1.82) is 0 Å². The molecule has 22 heavy (non-hydrogen) atoms. The molecule has 0 bridgehead atoms. The van der Waals surface area contributed by atoms with Crippen LogP contribution < -0.4 is 11.1 Å². The van der Waals surface area contributed by atoms with Gasteiger partial charge in [0.1, 0.15) is 0 Å². The highest BCUT2D eigenvalue weighted by Gasteiger charge is 2.40. The molecule has 4 N–H and O–H groups in total. The van der Waals surface area contributed by atoms with Crippen molar-refractivity contribution in [2.75, 3.05) is 13.1 Å². The van der Waals surface area contributed by atoms with Crippen LogP contribution in [0.2, 0.25) is 0 Å². The van der Waals surface area contributed by atoms with Crippen LogP contribution in [0, 0.1) is 5.41 Å². The summed E-state index contributed by atoms with van der Waals surface area (Å²) in [6.45, 7) is 2.85. The van der Waals surface area contributed by atoms with E-state index in [2.05, 4.69) is 5.32 Å². The molecule has 7 heteroatoms. The highest BCUT2D eigenvalue weighted by molar-refractivity contribution is 5.87. The molecule has 0 aromatic heterocycles. The third-order valence-corrected chi connectivity index (χ3v) is 4.00. The third kappa shape index (κ3) is 3.36. The molecule has 1 saturated heterocycles. The number of likely N-dealkylation sites (tertiary alicyclic amines) is 1. The minimum absolute atomic E-state index is 0.201. The molecular weight excluding hydrogens is 286 g/mol. The second-order valence-electron chi connectivity index (χ2n) is 5.76. The fourth-order valence-corrected chi connectivity index (χ4v) is 2.39. The summed E-state index contributed by atoms with van der Waals surface area (Å²) in [6, 6.07) is 6.03. The predicted octanol–water partition coefficient (Wildman–Crippen LogP) is 0.792. The molecule has 2 rings (SSSR count). The summed E-state index contributed by atoms with van der Waals surface area (Å²) in [7, 11) is 0. The number of primary amides is 1. The molecule has 0 aliphatic carbocycles. The largest absolute Gasteiger partial charge is 0.478 e. The first kappa shape index (κ1) is 15.8. The van der Waals surface area contributed by atoms with Gasteiger partial charge in [0.15, 0.2) is 0 Å². The number of nitrogens with two attached hydrogens (primary N) is 1. The number of urea groups is 1. The lowest BCUT2D eigenvalue weighted by Gasteiger charge is -2.21. The zero-order valence-corrected chi connectivity index (χ0v) is 12.3. The number of rotatable bonds is 4. The van der Waals surface area contributed by atoms with Crippen molar-refractivity contribution in [2.24, 2.45) is 11.1 Å². The van der Waals surface area contributed by atoms with Gasteiger partial charge in [-0.25, -0.2) is 9.59 Å². The minimum Gasteiger partial charge on any atom is -0.478 e. The molecular formula is C15H19N3O4. The fraction of sp³-hybridized carbons (Fsp3) is 0.400. The van der Waals surface area contributed by atoms with Gasteiger partial charge in [-0.05, 0) is 31.0 Å². The normalized spacial score (nSPS) is 20.7. The number of carboxylic acids is 1. The van der Waals surface area contributed by atoms with Crippen LogP contribution in [0.4, 0.5) is 4.79 Å². The average Bonchev–Trinajstić information content (AvgIpc) is 2.89. The van der Waals surface area contributed by atoms with Crippen LogP contribution in [-0.4, -0.2) is 41.0 Å². The Morgan fingerprint density at radius 2 is 1.95 bits per heavy atom. The van der Waals surface area contributed by atoms with Gasteiger partial charge in [-0.2, -0.15) is 0 Å². The number of nitrogens with one attached hydrogen (secondary N) is 1. The van der Waals surface area contributed by atoms with Gasteiger partial charge in [-0.15, -0.1) is 0 Å². The third-order valence-electron chi connectivity index (χ3n) is 4.00. The Balaban J connectivity index is 1.88. The number of aromatic carboxylic acids is 1. The van der Waals surface area contributed by atoms with Crippen molar-refractivity contribution >= 4 is 17.9 Å². The van der Waals surface area contributed by atoms with Crippen LogP contribution in [0.25, 0.3) is 0 Å². The lowest BCUT2D eigenvalue weighted by molar-refractivity contribution is -0.126. The smallest absolute Gasteiger partial charge is 0.335 e. The number of carbonyl (C=O) groups excluding carboxylic acids is 2. The summed E-state index contributed by atoms with van der Waals surface area (Å²) in [6.07, 6.45) is 0.559. The first-order chi connectivity index (χ1) is 10.3. The van der Waals surface area contributed by atoms with Gasteiger partial charge >= 0.3 is 12.0 Å². The van der Waals surface area contributed by atoms with Gasteiger partial charge in [-0.1, -0.05) is 12.1 Å². The lowest BCUT2D eigenvalue weighted by atomic mass is 9.89. The van der Waals surface area contributed by atoms with E-state index >= 15 is 0 Å². The maximum atomic E-state index is 12.1. The van der Waals surface area contributed by atoms with Gasteiger partial charge in [0.2, 0.25) is 5.91 Å². The molecule has 1 heterocycles. The van der Waals surface area contributed by atoms with Crippen LogP contribution in [0.5, 0.6) is 0 Å². The fourth-order valence-electron chi connectivity index (χ4n) is 2.39. The molecule has 1 atom stereocenters. The Kier molecular flexibility index (Phi) is 4.35. The Hall–Kier alpha value is -2.57. The summed E-state index contributed by atoms with van der Waals surface area (Å²) in [5.41, 5.74) is 5.69. The Labute approximate surface area is 128 Å². The highest BCUT2D eigenvalue weighted by atomic mass is 16.4. The predicted molar refractivity (Wildman–Crippen MR) is 79.1 cm³/mol. The molecule has 118 valence electrons. The van der Waals surface area contributed by atoms with Crippen molar-refractivity contribution in [1.82, 2.24) is 10.2 Å². The van der Waals surface area contributed by atoms with E-state index in [0.717, 1.165) is 5.56 Å². The molecule has 1 aliphatic rings. The van der Waals surface area contributed by atoms with Gasteiger partial charge < -0.3 is 21.1 Å². The maximum Gasteiger partial charge on any atom is 0.335 e. The summed E-state index contributed by atoms with van der Waals surface area (Å²) in [5, 5.41) is 11.6. The van der Waals surface area contributed by atoms with Crippen LogP contribution >= 0.6 is 0 Å². The number of carbonyl (C=O) groups is 3. The number of hydrogen-bond donors (Lipinski definition) is 3. The lowest BCUT2D eigenvalue weighted by Crippen LogP contribution is -2.42. The number of nitrogens with zero attached hydrogens (tertiary/aromatic N) is 1. The number of amides is 3. The molecule has 0 radical (unpaired) electrons. The first-order valence-electron chi connectivity index (χ1n) is 6.97. The van der Waals surface area contributed by atoms with Crippen LogP contribution in [-0.2, 0) is 11.3 Å². The number of carboxylic acid groups (broad SMARTS) is 1. The van der Waals surface area contributed by atoms with E-state index in [-0.39, 0.29) is 11.6 Å².